The minimum absolute atomic E-state index is 0.0108. The number of ether oxygens (including phenoxy) is 1. The van der Waals surface area contributed by atoms with Crippen molar-refractivity contribution in [2.75, 3.05) is 41.4 Å². The number of carbonyl (C=O) groups excluding carboxylic acids is 2. The Labute approximate surface area is 176 Å². The van der Waals surface area contributed by atoms with E-state index in [1.165, 1.54) is 0 Å². The lowest BCUT2D eigenvalue weighted by atomic mass is 9.90. The third-order valence-electron chi connectivity index (χ3n) is 5.87. The zero-order chi connectivity index (χ0) is 21.3. The molecule has 7 nitrogen and oxygen atoms in total. The molecule has 3 N–H and O–H groups in total. The van der Waals surface area contributed by atoms with E-state index >= 15 is 0 Å². The lowest BCUT2D eigenvalue weighted by Gasteiger charge is -2.39. The molecule has 4 rings (SSSR count). The Morgan fingerprint density at radius 2 is 1.90 bits per heavy atom. The Bertz CT molecular complexity index is 955. The molecule has 2 amide bonds. The fourth-order valence-corrected chi connectivity index (χ4v) is 4.45. The molecule has 2 aromatic carbocycles. The molecule has 2 aromatic rings. The number of amides is 2. The van der Waals surface area contributed by atoms with Gasteiger partial charge in [-0.15, -0.1) is 0 Å². The second kappa shape index (κ2) is 8.36. The normalized spacial score (nSPS) is 21.1. The van der Waals surface area contributed by atoms with Gasteiger partial charge in [-0.3, -0.25) is 9.59 Å². The summed E-state index contributed by atoms with van der Waals surface area (Å²) in [5.74, 6) is -0.484. The molecule has 7 heteroatoms. The maximum Gasteiger partial charge on any atom is 0.248 e. The molecule has 2 aliphatic heterocycles. The summed E-state index contributed by atoms with van der Waals surface area (Å²) in [7, 11) is 0. The zero-order valence-corrected chi connectivity index (χ0v) is 17.4. The van der Waals surface area contributed by atoms with Crippen molar-refractivity contribution >= 4 is 28.9 Å². The SMILES string of the molecule is CC(=O)N1c2ccc(C(N)=O)cc2[C@H](Nc2cccc(N3CCOCC3)c2)C[C@@H]1C. The number of primary amides is 1. The van der Waals surface area contributed by atoms with Gasteiger partial charge in [-0.25, -0.2) is 0 Å². The van der Waals surface area contributed by atoms with Gasteiger partial charge in [-0.2, -0.15) is 0 Å². The van der Waals surface area contributed by atoms with Crippen LogP contribution in [0.2, 0.25) is 0 Å². The van der Waals surface area contributed by atoms with Crippen molar-refractivity contribution < 1.29 is 14.3 Å². The van der Waals surface area contributed by atoms with Crippen LogP contribution in [-0.2, 0) is 9.53 Å². The van der Waals surface area contributed by atoms with Gasteiger partial charge < -0.3 is 25.6 Å². The predicted molar refractivity (Wildman–Crippen MR) is 118 cm³/mol. The number of anilines is 3. The van der Waals surface area contributed by atoms with Gasteiger partial charge >= 0.3 is 0 Å². The summed E-state index contributed by atoms with van der Waals surface area (Å²) in [6.45, 7) is 6.85. The molecule has 2 heterocycles. The molecule has 0 aromatic heterocycles. The molecule has 0 radical (unpaired) electrons. The Balaban J connectivity index is 1.66. The van der Waals surface area contributed by atoms with Crippen molar-refractivity contribution in [1.29, 1.82) is 0 Å². The highest BCUT2D eigenvalue weighted by molar-refractivity contribution is 5.97. The topological polar surface area (TPSA) is 87.9 Å². The smallest absolute Gasteiger partial charge is 0.248 e. The van der Waals surface area contributed by atoms with Gasteiger partial charge in [0, 0.05) is 48.7 Å². The van der Waals surface area contributed by atoms with Gasteiger partial charge in [0.25, 0.3) is 0 Å². The van der Waals surface area contributed by atoms with Crippen LogP contribution < -0.4 is 20.9 Å². The lowest BCUT2D eigenvalue weighted by molar-refractivity contribution is -0.117. The van der Waals surface area contributed by atoms with E-state index in [-0.39, 0.29) is 18.0 Å². The van der Waals surface area contributed by atoms with Gasteiger partial charge in [0.15, 0.2) is 0 Å². The monoisotopic (exact) mass is 408 g/mol. The van der Waals surface area contributed by atoms with Crippen LogP contribution in [0, 0.1) is 0 Å². The Morgan fingerprint density at radius 3 is 2.60 bits per heavy atom. The number of nitrogens with one attached hydrogen (secondary N) is 1. The van der Waals surface area contributed by atoms with E-state index in [9.17, 15) is 9.59 Å². The zero-order valence-electron chi connectivity index (χ0n) is 17.4. The second-order valence-corrected chi connectivity index (χ2v) is 7.96. The van der Waals surface area contributed by atoms with Gasteiger partial charge in [0.2, 0.25) is 11.8 Å². The van der Waals surface area contributed by atoms with E-state index in [4.69, 9.17) is 10.5 Å². The van der Waals surface area contributed by atoms with Crippen LogP contribution >= 0.6 is 0 Å². The van der Waals surface area contributed by atoms with Crippen molar-refractivity contribution in [3.05, 3.63) is 53.6 Å². The molecule has 2 aliphatic rings. The van der Waals surface area contributed by atoms with Crippen molar-refractivity contribution in [1.82, 2.24) is 0 Å². The largest absolute Gasteiger partial charge is 0.378 e. The average molecular weight is 409 g/mol. The fourth-order valence-electron chi connectivity index (χ4n) is 4.45. The molecule has 0 unspecified atom stereocenters. The molecule has 2 atom stereocenters. The molecule has 0 saturated carbocycles. The first-order chi connectivity index (χ1) is 14.4. The molecule has 1 fully saturated rings. The summed E-state index contributed by atoms with van der Waals surface area (Å²) in [6.07, 6.45) is 0.733. The number of hydrogen-bond donors (Lipinski definition) is 2. The van der Waals surface area contributed by atoms with Crippen molar-refractivity contribution in [2.24, 2.45) is 5.73 Å². The molecular weight excluding hydrogens is 380 g/mol. The van der Waals surface area contributed by atoms with Crippen LogP contribution in [0.5, 0.6) is 0 Å². The van der Waals surface area contributed by atoms with Crippen molar-refractivity contribution in [3.8, 4) is 0 Å². The number of fused-ring (bicyclic) bond motifs is 1. The fraction of sp³-hybridized carbons (Fsp3) is 0.391. The second-order valence-electron chi connectivity index (χ2n) is 7.96. The highest BCUT2D eigenvalue weighted by Gasteiger charge is 2.33. The third kappa shape index (κ3) is 3.98. The summed E-state index contributed by atoms with van der Waals surface area (Å²) in [6, 6.07) is 13.7. The first-order valence-corrected chi connectivity index (χ1v) is 10.4. The number of benzene rings is 2. The molecule has 0 bridgehead atoms. The molecule has 30 heavy (non-hydrogen) atoms. The van der Waals surface area contributed by atoms with E-state index in [1.54, 1.807) is 17.9 Å². The van der Waals surface area contributed by atoms with Gasteiger partial charge in [0.1, 0.15) is 0 Å². The molecule has 0 aliphatic carbocycles. The summed E-state index contributed by atoms with van der Waals surface area (Å²) in [4.78, 5) is 28.1. The van der Waals surface area contributed by atoms with E-state index < -0.39 is 5.91 Å². The quantitative estimate of drug-likeness (QED) is 0.812. The highest BCUT2D eigenvalue weighted by atomic mass is 16.5. The minimum atomic E-state index is -0.473. The predicted octanol–water partition coefficient (Wildman–Crippen LogP) is 2.92. The summed E-state index contributed by atoms with van der Waals surface area (Å²) >= 11 is 0. The number of rotatable bonds is 4. The number of nitrogens with zero attached hydrogens (tertiary/aromatic N) is 2. The van der Waals surface area contributed by atoms with E-state index in [0.717, 1.165) is 55.3 Å². The standard InChI is InChI=1S/C23H28N4O3/c1-15-12-21(20-13-17(23(24)29)6-7-22(20)27(15)16(2)28)25-18-4-3-5-19(14-18)26-8-10-30-11-9-26/h3-7,13-15,21,25H,8-12H2,1-2H3,(H2,24,29)/t15-,21+/m0/s1. The van der Waals surface area contributed by atoms with Crippen LogP contribution in [0.4, 0.5) is 17.1 Å². The summed E-state index contributed by atoms with van der Waals surface area (Å²) < 4.78 is 5.46. The van der Waals surface area contributed by atoms with Crippen LogP contribution in [0.3, 0.4) is 0 Å². The Morgan fingerprint density at radius 1 is 1.13 bits per heavy atom. The molecule has 1 saturated heterocycles. The van der Waals surface area contributed by atoms with E-state index in [0.29, 0.717) is 5.56 Å². The number of carbonyl (C=O) groups is 2. The number of hydrogen-bond acceptors (Lipinski definition) is 5. The third-order valence-corrected chi connectivity index (χ3v) is 5.87. The van der Waals surface area contributed by atoms with Crippen molar-refractivity contribution in [3.63, 3.8) is 0 Å². The van der Waals surface area contributed by atoms with Crippen LogP contribution in [0.25, 0.3) is 0 Å². The Hall–Kier alpha value is -3.06. The molecule has 0 spiro atoms. The van der Waals surface area contributed by atoms with Crippen molar-refractivity contribution in [2.45, 2.75) is 32.4 Å². The first-order valence-electron chi connectivity index (χ1n) is 10.4. The van der Waals surface area contributed by atoms with E-state index in [2.05, 4.69) is 22.3 Å². The molecule has 158 valence electrons. The maximum atomic E-state index is 12.3. The summed E-state index contributed by atoms with van der Waals surface area (Å²) in [5, 5.41) is 3.62. The van der Waals surface area contributed by atoms with Gasteiger partial charge in [-0.05, 0) is 55.3 Å². The van der Waals surface area contributed by atoms with Crippen LogP contribution in [-0.4, -0.2) is 44.2 Å². The summed E-state index contributed by atoms with van der Waals surface area (Å²) in [5.41, 5.74) is 9.86. The van der Waals surface area contributed by atoms with E-state index in [1.807, 2.05) is 31.2 Å². The lowest BCUT2D eigenvalue weighted by Crippen LogP contribution is -2.43. The average Bonchev–Trinajstić information content (AvgIpc) is 2.74. The number of nitrogens with two attached hydrogens (primary N) is 1. The molecular formula is C23H28N4O3. The highest BCUT2D eigenvalue weighted by Crippen LogP contribution is 2.40. The minimum Gasteiger partial charge on any atom is -0.378 e. The number of morpholine rings is 1. The Kier molecular flexibility index (Phi) is 5.63. The van der Waals surface area contributed by atoms with Crippen LogP contribution in [0.1, 0.15) is 42.2 Å². The maximum absolute atomic E-state index is 12.3. The van der Waals surface area contributed by atoms with Gasteiger partial charge in [-0.1, -0.05) is 6.07 Å². The van der Waals surface area contributed by atoms with Gasteiger partial charge in [0.05, 0.1) is 19.3 Å². The van der Waals surface area contributed by atoms with Crippen LogP contribution in [0.15, 0.2) is 42.5 Å². The first kappa shape index (κ1) is 20.2.